The summed E-state index contributed by atoms with van der Waals surface area (Å²) in [6.07, 6.45) is 0. The van der Waals surface area contributed by atoms with Crippen LogP contribution in [0.1, 0.15) is 0 Å². The molecule has 0 radical (unpaired) electrons. The Morgan fingerprint density at radius 1 is 0.320 bits per heavy atom. The molecule has 0 saturated heterocycles. The molecule has 3 aromatic heterocycles. The Morgan fingerprint density at radius 3 is 1.82 bits per heavy atom. The summed E-state index contributed by atoms with van der Waals surface area (Å²) in [6.45, 7) is 0. The van der Waals surface area contributed by atoms with E-state index in [0.29, 0.717) is 5.82 Å². The number of aromatic nitrogens is 2. The van der Waals surface area contributed by atoms with Gasteiger partial charge < -0.3 is 8.83 Å². The van der Waals surface area contributed by atoms with Crippen molar-refractivity contribution in [3.05, 3.63) is 158 Å². The second kappa shape index (κ2) is 10.4. The van der Waals surface area contributed by atoms with Crippen molar-refractivity contribution in [1.82, 2.24) is 9.97 Å². The van der Waals surface area contributed by atoms with Crippen molar-refractivity contribution in [3.8, 4) is 45.0 Å². The van der Waals surface area contributed by atoms with E-state index in [1.807, 2.05) is 36.4 Å². The molecule has 0 N–H and O–H groups in total. The van der Waals surface area contributed by atoms with Crippen LogP contribution in [0.25, 0.3) is 110 Å². The van der Waals surface area contributed by atoms with Crippen LogP contribution in [0.5, 0.6) is 0 Å². The maximum absolute atomic E-state index is 6.44. The first-order valence-electron chi connectivity index (χ1n) is 16.8. The fraction of sp³-hybridized carbons (Fsp3) is 0. The molecule has 0 saturated carbocycles. The lowest BCUT2D eigenvalue weighted by molar-refractivity contribution is 0.669. The highest BCUT2D eigenvalue weighted by Gasteiger charge is 2.21. The monoisotopic (exact) mass is 638 g/mol. The van der Waals surface area contributed by atoms with E-state index in [1.165, 1.54) is 32.7 Å². The molecule has 4 nitrogen and oxygen atoms in total. The van der Waals surface area contributed by atoms with Gasteiger partial charge in [0.05, 0.1) is 11.4 Å². The van der Waals surface area contributed by atoms with E-state index in [-0.39, 0.29) is 0 Å². The van der Waals surface area contributed by atoms with Gasteiger partial charge in [0.15, 0.2) is 5.82 Å². The summed E-state index contributed by atoms with van der Waals surface area (Å²) in [7, 11) is 0. The smallest absolute Gasteiger partial charge is 0.160 e. The van der Waals surface area contributed by atoms with Crippen LogP contribution in [0.15, 0.2) is 167 Å². The highest BCUT2D eigenvalue weighted by atomic mass is 16.3. The Balaban J connectivity index is 1.18. The van der Waals surface area contributed by atoms with Crippen molar-refractivity contribution < 1.29 is 8.83 Å². The van der Waals surface area contributed by atoms with E-state index in [2.05, 4.69) is 121 Å². The molecule has 0 amide bonds. The maximum atomic E-state index is 6.44. The van der Waals surface area contributed by atoms with Gasteiger partial charge in [-0.25, -0.2) is 9.97 Å². The first-order valence-corrected chi connectivity index (χ1v) is 16.8. The molecule has 0 unspecified atom stereocenters. The van der Waals surface area contributed by atoms with E-state index < -0.39 is 0 Å². The quantitative estimate of drug-likeness (QED) is 0.180. The Morgan fingerprint density at radius 2 is 0.960 bits per heavy atom. The molecule has 0 aliphatic heterocycles. The third-order valence-corrected chi connectivity index (χ3v) is 10.1. The van der Waals surface area contributed by atoms with Crippen molar-refractivity contribution in [3.63, 3.8) is 0 Å². The molecule has 0 spiro atoms. The lowest BCUT2D eigenvalue weighted by Gasteiger charge is -2.14. The van der Waals surface area contributed by atoms with Crippen molar-refractivity contribution in [2.45, 2.75) is 0 Å². The predicted octanol–water partition coefficient (Wildman–Crippen LogP) is 12.7. The van der Waals surface area contributed by atoms with Crippen LogP contribution in [0, 0.1) is 0 Å². The standard InChI is InChI=1S/C46H26N2O2/c1-3-10-27(11-4-1)31-22-23-41-45-43(31)36-24-30(19-20-32(36)35-15-9-17-40(50-41)44(35)45)46-47-37(28-12-5-2-6-13-28)26-38(48-46)29-18-21-34-33-14-7-8-16-39(33)49-42(34)25-29/h1-26H. The van der Waals surface area contributed by atoms with Crippen molar-refractivity contribution in [2.75, 3.05) is 0 Å². The van der Waals surface area contributed by atoms with E-state index >= 15 is 0 Å². The zero-order chi connectivity index (χ0) is 32.8. The molecule has 11 rings (SSSR count). The van der Waals surface area contributed by atoms with E-state index in [9.17, 15) is 0 Å². The minimum Gasteiger partial charge on any atom is -0.456 e. The lowest BCUT2D eigenvalue weighted by Crippen LogP contribution is -1.96. The fourth-order valence-electron chi connectivity index (χ4n) is 7.76. The van der Waals surface area contributed by atoms with Gasteiger partial charge in [0.1, 0.15) is 22.3 Å². The van der Waals surface area contributed by atoms with Gasteiger partial charge in [0, 0.05) is 43.6 Å². The van der Waals surface area contributed by atoms with Gasteiger partial charge in [-0.15, -0.1) is 0 Å². The average Bonchev–Trinajstić information content (AvgIpc) is 3.76. The van der Waals surface area contributed by atoms with Crippen LogP contribution in [0.3, 0.4) is 0 Å². The Bertz CT molecular complexity index is 3080. The SMILES string of the molecule is c1ccc(-c2cc(-c3ccc4c(c3)oc3ccccc34)nc(-c3ccc4c(c3)c3c(-c5ccccc5)ccc5oc6cccc4c6c53)n2)cc1. The van der Waals surface area contributed by atoms with Crippen LogP contribution in [0.2, 0.25) is 0 Å². The summed E-state index contributed by atoms with van der Waals surface area (Å²) in [5.74, 6) is 0.665. The lowest BCUT2D eigenvalue weighted by atomic mass is 9.89. The molecule has 8 aromatic carbocycles. The zero-order valence-electron chi connectivity index (χ0n) is 26.7. The molecule has 0 atom stereocenters. The minimum atomic E-state index is 0.665. The molecule has 0 aliphatic rings. The van der Waals surface area contributed by atoms with Crippen LogP contribution in [-0.2, 0) is 0 Å². The third-order valence-electron chi connectivity index (χ3n) is 10.1. The predicted molar refractivity (Wildman–Crippen MR) is 205 cm³/mol. The van der Waals surface area contributed by atoms with Crippen molar-refractivity contribution in [2.24, 2.45) is 0 Å². The number of furan rings is 2. The molecule has 0 aliphatic carbocycles. The van der Waals surface area contributed by atoms with Gasteiger partial charge in [-0.05, 0) is 69.8 Å². The topological polar surface area (TPSA) is 52.1 Å². The summed E-state index contributed by atoms with van der Waals surface area (Å²) < 4.78 is 12.7. The normalized spacial score (nSPS) is 12.0. The maximum Gasteiger partial charge on any atom is 0.160 e. The van der Waals surface area contributed by atoms with E-state index in [1.54, 1.807) is 0 Å². The largest absolute Gasteiger partial charge is 0.456 e. The van der Waals surface area contributed by atoms with Crippen LogP contribution >= 0.6 is 0 Å². The molecule has 3 heterocycles. The summed E-state index contributed by atoms with van der Waals surface area (Å²) in [5, 5.41) is 9.20. The summed E-state index contributed by atoms with van der Waals surface area (Å²) in [6, 6.07) is 54.8. The van der Waals surface area contributed by atoms with Crippen LogP contribution < -0.4 is 0 Å². The number of hydrogen-bond acceptors (Lipinski definition) is 4. The Kier molecular flexibility index (Phi) is 5.63. The Labute approximate surface area is 286 Å². The number of fused-ring (bicyclic) bond motifs is 6. The second-order valence-electron chi connectivity index (χ2n) is 12.9. The molecule has 11 aromatic rings. The summed E-state index contributed by atoms with van der Waals surface area (Å²) in [5.41, 5.74) is 10.5. The van der Waals surface area contributed by atoms with Gasteiger partial charge in [0.2, 0.25) is 0 Å². The second-order valence-corrected chi connectivity index (χ2v) is 12.9. The average molecular weight is 639 g/mol. The molecule has 50 heavy (non-hydrogen) atoms. The number of nitrogens with zero attached hydrogens (tertiary/aromatic N) is 2. The first kappa shape index (κ1) is 27.2. The zero-order valence-corrected chi connectivity index (χ0v) is 26.7. The van der Waals surface area contributed by atoms with E-state index in [0.717, 1.165) is 72.0 Å². The van der Waals surface area contributed by atoms with Gasteiger partial charge in [0.25, 0.3) is 0 Å². The molecule has 4 heteroatoms. The highest BCUT2D eigenvalue weighted by Crippen LogP contribution is 2.47. The van der Waals surface area contributed by atoms with Gasteiger partial charge in [-0.3, -0.25) is 0 Å². The number of hydrogen-bond donors (Lipinski definition) is 0. The van der Waals surface area contributed by atoms with Crippen LogP contribution in [0.4, 0.5) is 0 Å². The Hall–Kier alpha value is -6.78. The van der Waals surface area contributed by atoms with Crippen molar-refractivity contribution in [1.29, 1.82) is 0 Å². The minimum absolute atomic E-state index is 0.665. The number of para-hydroxylation sites is 1. The summed E-state index contributed by atoms with van der Waals surface area (Å²) >= 11 is 0. The third kappa shape index (κ3) is 3.99. The van der Waals surface area contributed by atoms with Gasteiger partial charge >= 0.3 is 0 Å². The number of rotatable bonds is 4. The van der Waals surface area contributed by atoms with Gasteiger partial charge in [-0.2, -0.15) is 0 Å². The summed E-state index contributed by atoms with van der Waals surface area (Å²) in [4.78, 5) is 10.4. The molecular weight excluding hydrogens is 613 g/mol. The fourth-order valence-corrected chi connectivity index (χ4v) is 7.76. The molecule has 232 valence electrons. The number of benzene rings is 8. The molecule has 0 bridgehead atoms. The van der Waals surface area contributed by atoms with Crippen LogP contribution in [-0.4, -0.2) is 9.97 Å². The molecular formula is C46H26N2O2. The molecule has 0 fully saturated rings. The van der Waals surface area contributed by atoms with Gasteiger partial charge in [-0.1, -0.05) is 115 Å². The highest BCUT2D eigenvalue weighted by molar-refractivity contribution is 6.35. The first-order chi connectivity index (χ1) is 24.8. The van der Waals surface area contributed by atoms with E-state index in [4.69, 9.17) is 18.8 Å². The van der Waals surface area contributed by atoms with Crippen molar-refractivity contribution >= 4 is 65.4 Å².